The van der Waals surface area contributed by atoms with E-state index in [9.17, 15) is 0 Å². The zero-order valence-electron chi connectivity index (χ0n) is 19.1. The molecule has 2 heterocycles. The summed E-state index contributed by atoms with van der Waals surface area (Å²) in [6.07, 6.45) is 2.53. The molecule has 0 aromatic heterocycles. The minimum Gasteiger partial charge on any atom is -0.497 e. The van der Waals surface area contributed by atoms with E-state index in [1.807, 2.05) is 13.1 Å². The lowest BCUT2D eigenvalue weighted by molar-refractivity contribution is -0.0174. The van der Waals surface area contributed by atoms with E-state index < -0.39 is 0 Å². The maximum atomic E-state index is 5.57. The lowest BCUT2D eigenvalue weighted by Crippen LogP contribution is -2.53. The van der Waals surface area contributed by atoms with Crippen LogP contribution in [0.25, 0.3) is 0 Å². The number of likely N-dealkylation sites (tertiary alicyclic amines) is 1. The SMILES string of the molecule is CN=C(NCC(c1cccc(OC)c1)N1CCCC1)NCC(C)N1CCOCC1C. The normalized spacial score (nSPS) is 23.2. The van der Waals surface area contributed by atoms with Crippen LogP contribution in [0.4, 0.5) is 0 Å². The molecule has 0 spiro atoms. The lowest BCUT2D eigenvalue weighted by atomic mass is 10.1. The van der Waals surface area contributed by atoms with Gasteiger partial charge in [-0.25, -0.2) is 0 Å². The highest BCUT2D eigenvalue weighted by Crippen LogP contribution is 2.27. The van der Waals surface area contributed by atoms with Gasteiger partial charge in [0.25, 0.3) is 0 Å². The monoisotopic (exact) mass is 417 g/mol. The number of hydrogen-bond acceptors (Lipinski definition) is 5. The van der Waals surface area contributed by atoms with Crippen LogP contribution in [-0.2, 0) is 4.74 Å². The van der Waals surface area contributed by atoms with Gasteiger partial charge in [-0.2, -0.15) is 0 Å². The summed E-state index contributed by atoms with van der Waals surface area (Å²) in [5.74, 6) is 1.77. The number of aliphatic imine (C=N–C) groups is 1. The van der Waals surface area contributed by atoms with Gasteiger partial charge < -0.3 is 20.1 Å². The molecule has 2 aliphatic heterocycles. The van der Waals surface area contributed by atoms with E-state index in [1.165, 1.54) is 18.4 Å². The number of rotatable bonds is 8. The van der Waals surface area contributed by atoms with Crippen molar-refractivity contribution < 1.29 is 9.47 Å². The van der Waals surface area contributed by atoms with Crippen molar-refractivity contribution in [2.75, 3.05) is 60.1 Å². The van der Waals surface area contributed by atoms with Gasteiger partial charge in [-0.1, -0.05) is 12.1 Å². The zero-order valence-corrected chi connectivity index (χ0v) is 19.1. The smallest absolute Gasteiger partial charge is 0.191 e. The molecule has 0 bridgehead atoms. The summed E-state index contributed by atoms with van der Waals surface area (Å²) in [6.45, 7) is 11.1. The molecule has 2 aliphatic rings. The highest BCUT2D eigenvalue weighted by atomic mass is 16.5. The number of benzene rings is 1. The first-order valence-electron chi connectivity index (χ1n) is 11.3. The summed E-state index contributed by atoms with van der Waals surface area (Å²) in [6, 6.07) is 9.63. The Hall–Kier alpha value is -1.83. The molecule has 1 aromatic carbocycles. The van der Waals surface area contributed by atoms with Crippen LogP contribution in [0, 0.1) is 0 Å². The van der Waals surface area contributed by atoms with E-state index in [0.29, 0.717) is 18.1 Å². The van der Waals surface area contributed by atoms with Crippen molar-refractivity contribution in [1.82, 2.24) is 20.4 Å². The molecular formula is C23H39N5O2. The number of hydrogen-bond donors (Lipinski definition) is 2. The second kappa shape index (κ2) is 11.5. The first-order chi connectivity index (χ1) is 14.6. The third kappa shape index (κ3) is 6.09. The number of ether oxygens (including phenoxy) is 2. The van der Waals surface area contributed by atoms with Crippen molar-refractivity contribution in [3.05, 3.63) is 29.8 Å². The summed E-state index contributed by atoms with van der Waals surface area (Å²) in [5, 5.41) is 7.09. The molecule has 2 N–H and O–H groups in total. The van der Waals surface area contributed by atoms with Gasteiger partial charge in [-0.15, -0.1) is 0 Å². The maximum absolute atomic E-state index is 5.57. The number of methoxy groups -OCH3 is 1. The Morgan fingerprint density at radius 2 is 2.00 bits per heavy atom. The van der Waals surface area contributed by atoms with E-state index >= 15 is 0 Å². The Labute approximate surface area is 181 Å². The maximum Gasteiger partial charge on any atom is 0.191 e. The van der Waals surface area contributed by atoms with Crippen LogP contribution in [-0.4, -0.2) is 87.9 Å². The van der Waals surface area contributed by atoms with Crippen LogP contribution in [0.1, 0.15) is 38.3 Å². The molecule has 7 heteroatoms. The van der Waals surface area contributed by atoms with Crippen LogP contribution in [0.3, 0.4) is 0 Å². The molecule has 2 fully saturated rings. The van der Waals surface area contributed by atoms with Crippen LogP contribution in [0.5, 0.6) is 5.75 Å². The number of morpholine rings is 1. The van der Waals surface area contributed by atoms with Crippen molar-refractivity contribution >= 4 is 5.96 Å². The van der Waals surface area contributed by atoms with Crippen LogP contribution in [0.15, 0.2) is 29.3 Å². The van der Waals surface area contributed by atoms with Crippen molar-refractivity contribution in [2.24, 2.45) is 4.99 Å². The molecular weight excluding hydrogens is 378 g/mol. The Kier molecular flexibility index (Phi) is 8.78. The fourth-order valence-corrected chi connectivity index (χ4v) is 4.53. The molecule has 3 rings (SSSR count). The Morgan fingerprint density at radius 1 is 1.23 bits per heavy atom. The highest BCUT2D eigenvalue weighted by molar-refractivity contribution is 5.79. The van der Waals surface area contributed by atoms with E-state index in [4.69, 9.17) is 9.47 Å². The van der Waals surface area contributed by atoms with E-state index in [2.05, 4.69) is 57.5 Å². The topological polar surface area (TPSA) is 61.4 Å². The Morgan fingerprint density at radius 3 is 2.70 bits per heavy atom. The summed E-state index contributed by atoms with van der Waals surface area (Å²) < 4.78 is 11.0. The second-order valence-electron chi connectivity index (χ2n) is 8.38. The summed E-state index contributed by atoms with van der Waals surface area (Å²) >= 11 is 0. The summed E-state index contributed by atoms with van der Waals surface area (Å²) in [4.78, 5) is 9.53. The number of nitrogens with zero attached hydrogens (tertiary/aromatic N) is 3. The highest BCUT2D eigenvalue weighted by Gasteiger charge is 2.25. The predicted molar refractivity (Wildman–Crippen MR) is 122 cm³/mol. The van der Waals surface area contributed by atoms with Gasteiger partial charge in [0.05, 0.1) is 26.4 Å². The van der Waals surface area contributed by atoms with E-state index in [-0.39, 0.29) is 0 Å². The lowest BCUT2D eigenvalue weighted by Gasteiger charge is -2.38. The minimum atomic E-state index is 0.304. The van der Waals surface area contributed by atoms with Gasteiger partial charge in [-0.3, -0.25) is 14.8 Å². The van der Waals surface area contributed by atoms with Crippen LogP contribution in [0.2, 0.25) is 0 Å². The van der Waals surface area contributed by atoms with Crippen molar-refractivity contribution in [3.63, 3.8) is 0 Å². The predicted octanol–water partition coefficient (Wildman–Crippen LogP) is 2.11. The molecule has 2 saturated heterocycles. The van der Waals surface area contributed by atoms with Crippen molar-refractivity contribution in [3.8, 4) is 5.75 Å². The van der Waals surface area contributed by atoms with Crippen LogP contribution < -0.4 is 15.4 Å². The number of guanidine groups is 1. The van der Waals surface area contributed by atoms with Gasteiger partial charge in [-0.05, 0) is 57.5 Å². The van der Waals surface area contributed by atoms with E-state index in [0.717, 1.165) is 57.6 Å². The summed E-state index contributed by atoms with van der Waals surface area (Å²) in [7, 11) is 3.57. The molecule has 7 nitrogen and oxygen atoms in total. The van der Waals surface area contributed by atoms with Gasteiger partial charge >= 0.3 is 0 Å². The molecule has 0 radical (unpaired) electrons. The quantitative estimate of drug-likeness (QED) is 0.499. The molecule has 0 saturated carbocycles. The van der Waals surface area contributed by atoms with Gasteiger partial charge in [0, 0.05) is 38.8 Å². The standard InChI is InChI=1S/C23H39N5O2/c1-18(28-12-13-30-17-19(28)2)15-25-23(24-3)26-16-22(27-10-5-6-11-27)20-8-7-9-21(14-20)29-4/h7-9,14,18-19,22H,5-6,10-13,15-17H2,1-4H3,(H2,24,25,26). The average molecular weight is 418 g/mol. The molecule has 0 amide bonds. The molecule has 3 unspecified atom stereocenters. The third-order valence-corrected chi connectivity index (χ3v) is 6.30. The molecule has 3 atom stereocenters. The summed E-state index contributed by atoms with van der Waals surface area (Å²) in [5.41, 5.74) is 1.29. The van der Waals surface area contributed by atoms with Gasteiger partial charge in [0.2, 0.25) is 0 Å². The van der Waals surface area contributed by atoms with Crippen molar-refractivity contribution in [2.45, 2.75) is 44.8 Å². The fraction of sp³-hybridized carbons (Fsp3) is 0.696. The number of nitrogens with one attached hydrogen (secondary N) is 2. The molecule has 1 aromatic rings. The third-order valence-electron chi connectivity index (χ3n) is 6.30. The second-order valence-corrected chi connectivity index (χ2v) is 8.38. The molecule has 168 valence electrons. The van der Waals surface area contributed by atoms with Crippen LogP contribution >= 0.6 is 0 Å². The molecule has 30 heavy (non-hydrogen) atoms. The minimum absolute atomic E-state index is 0.304. The van der Waals surface area contributed by atoms with E-state index in [1.54, 1.807) is 7.11 Å². The fourth-order valence-electron chi connectivity index (χ4n) is 4.53. The first-order valence-corrected chi connectivity index (χ1v) is 11.3. The van der Waals surface area contributed by atoms with Gasteiger partial charge in [0.15, 0.2) is 5.96 Å². The van der Waals surface area contributed by atoms with Gasteiger partial charge in [0.1, 0.15) is 5.75 Å². The Bertz CT molecular complexity index is 677. The zero-order chi connectivity index (χ0) is 21.3. The Balaban J connectivity index is 1.57. The van der Waals surface area contributed by atoms with Crippen molar-refractivity contribution in [1.29, 1.82) is 0 Å². The molecule has 0 aliphatic carbocycles. The average Bonchev–Trinajstić information content (AvgIpc) is 3.31. The largest absolute Gasteiger partial charge is 0.497 e. The first kappa shape index (κ1) is 22.8.